The Morgan fingerprint density at radius 1 is 1.40 bits per heavy atom. The van der Waals surface area contributed by atoms with Crippen molar-refractivity contribution in [1.82, 2.24) is 14.8 Å². The Morgan fingerprint density at radius 2 is 2.08 bits per heavy atom. The number of amides is 1. The monoisotopic (exact) mass is 410 g/mol. The van der Waals surface area contributed by atoms with Crippen LogP contribution in [0, 0.1) is 0 Å². The van der Waals surface area contributed by atoms with E-state index in [1.54, 1.807) is 56.8 Å². The first-order chi connectivity index (χ1) is 11.6. The Bertz CT molecular complexity index is 748. The van der Waals surface area contributed by atoms with Gasteiger partial charge in [-0.3, -0.25) is 4.68 Å². The average Bonchev–Trinajstić information content (AvgIpc) is 2.83. The SMILES string of the molecule is CCN(Oc1ccc(N)cc1-c1c(Br)cnn1C)C(=O)OC(C)(C)C. The highest BCUT2D eigenvalue weighted by Gasteiger charge is 2.24. The number of hydrogen-bond acceptors (Lipinski definition) is 5. The van der Waals surface area contributed by atoms with E-state index >= 15 is 0 Å². The number of rotatable bonds is 4. The second-order valence-corrected chi connectivity index (χ2v) is 7.34. The number of carbonyl (C=O) groups excluding carboxylic acids is 1. The van der Waals surface area contributed by atoms with E-state index < -0.39 is 11.7 Å². The van der Waals surface area contributed by atoms with Crippen molar-refractivity contribution in [3.05, 3.63) is 28.9 Å². The molecule has 0 radical (unpaired) electrons. The maximum Gasteiger partial charge on any atom is 0.443 e. The molecular formula is C17H23BrN4O3. The van der Waals surface area contributed by atoms with Gasteiger partial charge in [0.05, 0.1) is 22.9 Å². The molecule has 1 amide bonds. The summed E-state index contributed by atoms with van der Waals surface area (Å²) in [6.07, 6.45) is 1.13. The maximum atomic E-state index is 12.3. The summed E-state index contributed by atoms with van der Waals surface area (Å²) in [5.41, 5.74) is 7.42. The van der Waals surface area contributed by atoms with E-state index in [4.69, 9.17) is 15.3 Å². The molecule has 2 N–H and O–H groups in total. The molecule has 0 fully saturated rings. The molecule has 7 nitrogen and oxygen atoms in total. The fraction of sp³-hybridized carbons (Fsp3) is 0.412. The van der Waals surface area contributed by atoms with Crippen LogP contribution in [0.5, 0.6) is 5.75 Å². The fourth-order valence-electron chi connectivity index (χ4n) is 2.19. The molecule has 25 heavy (non-hydrogen) atoms. The molecule has 2 aromatic rings. The molecule has 0 aliphatic heterocycles. The third-order valence-electron chi connectivity index (χ3n) is 3.25. The molecule has 1 heterocycles. The van der Waals surface area contributed by atoms with Crippen LogP contribution in [-0.2, 0) is 11.8 Å². The van der Waals surface area contributed by atoms with Gasteiger partial charge in [0.25, 0.3) is 0 Å². The molecule has 0 aliphatic carbocycles. The molecule has 0 saturated heterocycles. The molecule has 0 unspecified atom stereocenters. The molecule has 1 aromatic heterocycles. The number of nitrogens with zero attached hydrogens (tertiary/aromatic N) is 3. The van der Waals surface area contributed by atoms with E-state index in [0.717, 1.165) is 10.2 Å². The molecule has 0 saturated carbocycles. The Balaban J connectivity index is 2.38. The molecular weight excluding hydrogens is 388 g/mol. The highest BCUT2D eigenvalue weighted by molar-refractivity contribution is 9.10. The van der Waals surface area contributed by atoms with Crippen LogP contribution in [0.15, 0.2) is 28.9 Å². The standard InChI is InChI=1S/C17H23BrN4O3/c1-6-22(16(23)24-17(2,3)4)25-14-8-7-11(19)9-12(14)15-13(18)10-20-21(15)5/h7-10H,6,19H2,1-5H3. The summed E-state index contributed by atoms with van der Waals surface area (Å²) in [5.74, 6) is 0.478. The van der Waals surface area contributed by atoms with Crippen molar-refractivity contribution in [2.45, 2.75) is 33.3 Å². The summed E-state index contributed by atoms with van der Waals surface area (Å²) in [6, 6.07) is 5.21. The van der Waals surface area contributed by atoms with Gasteiger partial charge in [0.15, 0.2) is 5.75 Å². The first kappa shape index (κ1) is 19.1. The van der Waals surface area contributed by atoms with Crippen LogP contribution in [0.4, 0.5) is 10.5 Å². The maximum absolute atomic E-state index is 12.3. The number of aryl methyl sites for hydroxylation is 1. The van der Waals surface area contributed by atoms with Crippen LogP contribution in [0.2, 0.25) is 0 Å². The molecule has 2 rings (SSSR count). The smallest absolute Gasteiger partial charge is 0.442 e. The number of hydroxylamine groups is 2. The number of aromatic nitrogens is 2. The summed E-state index contributed by atoms with van der Waals surface area (Å²) >= 11 is 3.48. The zero-order valence-electron chi connectivity index (χ0n) is 15.0. The zero-order valence-corrected chi connectivity index (χ0v) is 16.6. The topological polar surface area (TPSA) is 82.6 Å². The number of anilines is 1. The number of nitrogen functional groups attached to an aromatic ring is 1. The number of carbonyl (C=O) groups is 1. The Hall–Kier alpha value is -2.22. The number of nitrogens with two attached hydrogens (primary N) is 1. The van der Waals surface area contributed by atoms with Gasteiger partial charge in [-0.1, -0.05) is 0 Å². The van der Waals surface area contributed by atoms with Gasteiger partial charge in [-0.05, 0) is 61.8 Å². The Kier molecular flexibility index (Phi) is 5.62. The van der Waals surface area contributed by atoms with Crippen molar-refractivity contribution in [2.75, 3.05) is 12.3 Å². The van der Waals surface area contributed by atoms with Crippen molar-refractivity contribution in [3.63, 3.8) is 0 Å². The van der Waals surface area contributed by atoms with Gasteiger partial charge in [0.1, 0.15) is 5.60 Å². The molecule has 8 heteroatoms. The average molecular weight is 411 g/mol. The molecule has 0 bridgehead atoms. The van der Waals surface area contributed by atoms with Crippen LogP contribution >= 0.6 is 15.9 Å². The van der Waals surface area contributed by atoms with Gasteiger partial charge in [-0.25, -0.2) is 4.79 Å². The van der Waals surface area contributed by atoms with E-state index in [1.165, 1.54) is 5.06 Å². The lowest BCUT2D eigenvalue weighted by molar-refractivity contribution is -0.0690. The number of halogens is 1. The minimum absolute atomic E-state index is 0.325. The Labute approximate surface area is 155 Å². The first-order valence-corrected chi connectivity index (χ1v) is 8.67. The molecule has 0 spiro atoms. The van der Waals surface area contributed by atoms with E-state index in [9.17, 15) is 4.79 Å². The number of benzene rings is 1. The lowest BCUT2D eigenvalue weighted by Gasteiger charge is -2.26. The first-order valence-electron chi connectivity index (χ1n) is 7.88. The lowest BCUT2D eigenvalue weighted by atomic mass is 10.1. The van der Waals surface area contributed by atoms with E-state index in [-0.39, 0.29) is 0 Å². The minimum Gasteiger partial charge on any atom is -0.442 e. The highest BCUT2D eigenvalue weighted by Crippen LogP contribution is 2.36. The van der Waals surface area contributed by atoms with Gasteiger partial charge in [0.2, 0.25) is 0 Å². The van der Waals surface area contributed by atoms with Crippen molar-refractivity contribution in [1.29, 1.82) is 0 Å². The summed E-state index contributed by atoms with van der Waals surface area (Å²) < 4.78 is 7.88. The van der Waals surface area contributed by atoms with Gasteiger partial charge < -0.3 is 15.3 Å². The van der Waals surface area contributed by atoms with Crippen molar-refractivity contribution in [2.24, 2.45) is 7.05 Å². The van der Waals surface area contributed by atoms with Crippen LogP contribution in [-0.4, -0.2) is 33.1 Å². The van der Waals surface area contributed by atoms with E-state index in [1.807, 2.05) is 7.05 Å². The van der Waals surface area contributed by atoms with Gasteiger partial charge in [-0.15, -0.1) is 5.06 Å². The van der Waals surface area contributed by atoms with Gasteiger partial charge >= 0.3 is 6.09 Å². The van der Waals surface area contributed by atoms with Gasteiger partial charge in [-0.2, -0.15) is 5.10 Å². The van der Waals surface area contributed by atoms with Crippen molar-refractivity contribution < 1.29 is 14.4 Å². The van der Waals surface area contributed by atoms with Crippen LogP contribution in [0.3, 0.4) is 0 Å². The van der Waals surface area contributed by atoms with E-state index in [2.05, 4.69) is 21.0 Å². The summed E-state index contributed by atoms with van der Waals surface area (Å²) in [6.45, 7) is 7.55. The normalized spacial score (nSPS) is 11.3. The van der Waals surface area contributed by atoms with Gasteiger partial charge in [0, 0.05) is 18.3 Å². The van der Waals surface area contributed by atoms with Crippen LogP contribution in [0.25, 0.3) is 11.3 Å². The number of hydrogen-bond donors (Lipinski definition) is 1. The number of ether oxygens (including phenoxy) is 1. The predicted octanol–water partition coefficient (Wildman–Crippen LogP) is 3.98. The van der Waals surface area contributed by atoms with Crippen molar-refractivity contribution in [3.8, 4) is 17.0 Å². The second kappa shape index (κ2) is 7.35. The molecule has 136 valence electrons. The van der Waals surface area contributed by atoms with E-state index in [0.29, 0.717) is 23.5 Å². The molecule has 0 atom stereocenters. The zero-order chi connectivity index (χ0) is 18.8. The van der Waals surface area contributed by atoms with Crippen LogP contribution < -0.4 is 10.6 Å². The van der Waals surface area contributed by atoms with Crippen molar-refractivity contribution >= 4 is 27.7 Å². The third-order valence-corrected chi connectivity index (χ3v) is 3.83. The quantitative estimate of drug-likeness (QED) is 0.608. The van der Waals surface area contributed by atoms with Crippen LogP contribution in [0.1, 0.15) is 27.7 Å². The third kappa shape index (κ3) is 4.66. The largest absolute Gasteiger partial charge is 0.443 e. The summed E-state index contributed by atoms with van der Waals surface area (Å²) in [5, 5.41) is 5.39. The predicted molar refractivity (Wildman–Crippen MR) is 100.0 cm³/mol. The lowest BCUT2D eigenvalue weighted by Crippen LogP contribution is -2.39. The summed E-state index contributed by atoms with van der Waals surface area (Å²) in [7, 11) is 1.82. The molecule has 1 aromatic carbocycles. The highest BCUT2D eigenvalue weighted by atomic mass is 79.9. The second-order valence-electron chi connectivity index (χ2n) is 6.49. The fourth-order valence-corrected chi connectivity index (χ4v) is 2.75. The minimum atomic E-state index is -0.608. The summed E-state index contributed by atoms with van der Waals surface area (Å²) in [4.78, 5) is 18.2. The molecule has 0 aliphatic rings. The Morgan fingerprint density at radius 3 is 2.60 bits per heavy atom.